The zero-order valence-electron chi connectivity index (χ0n) is 6.57. The molecule has 1 aromatic heterocycles. The van der Waals surface area contributed by atoms with Crippen LogP contribution in [0.15, 0.2) is 39.5 Å². The van der Waals surface area contributed by atoms with E-state index in [1.54, 1.807) is 18.2 Å². The molecule has 0 bridgehead atoms. The van der Waals surface area contributed by atoms with Crippen LogP contribution in [-0.4, -0.2) is 10.3 Å². The molecular weight excluding hydrogens is 234 g/mol. The molecule has 0 aliphatic heterocycles. The third kappa shape index (κ3) is 1.58. The lowest BCUT2D eigenvalue weighted by atomic mass is 10.1. The molecule has 1 N–H and O–H groups in total. The highest BCUT2D eigenvalue weighted by atomic mass is 79.9. The zero-order valence-corrected chi connectivity index (χ0v) is 8.15. The second kappa shape index (κ2) is 3.22. The quantitative estimate of drug-likeness (QED) is 0.833. The molecule has 13 heavy (non-hydrogen) atoms. The van der Waals surface area contributed by atoms with Crippen LogP contribution in [0.4, 0.5) is 0 Å². The van der Waals surface area contributed by atoms with Crippen LogP contribution in [0.25, 0.3) is 11.3 Å². The fourth-order valence-corrected chi connectivity index (χ4v) is 1.42. The van der Waals surface area contributed by atoms with E-state index in [1.807, 2.05) is 6.07 Å². The smallest absolute Gasteiger partial charge is 0.170 e. The van der Waals surface area contributed by atoms with Crippen LogP contribution >= 0.6 is 15.9 Å². The summed E-state index contributed by atoms with van der Waals surface area (Å²) in [5.41, 5.74) is 0.640. The zero-order chi connectivity index (χ0) is 9.26. The van der Waals surface area contributed by atoms with Crippen molar-refractivity contribution >= 4 is 15.9 Å². The summed E-state index contributed by atoms with van der Waals surface area (Å²) in [6, 6.07) is 6.90. The molecule has 0 aliphatic rings. The first-order valence-electron chi connectivity index (χ1n) is 3.67. The van der Waals surface area contributed by atoms with Gasteiger partial charge in [-0.05, 0) is 18.2 Å². The molecule has 0 saturated heterocycles. The van der Waals surface area contributed by atoms with Crippen molar-refractivity contribution in [1.29, 1.82) is 0 Å². The summed E-state index contributed by atoms with van der Waals surface area (Å²) in [6.45, 7) is 0. The van der Waals surface area contributed by atoms with E-state index in [2.05, 4.69) is 21.1 Å². The van der Waals surface area contributed by atoms with Gasteiger partial charge >= 0.3 is 0 Å². The van der Waals surface area contributed by atoms with Crippen LogP contribution in [0.3, 0.4) is 0 Å². The van der Waals surface area contributed by atoms with Crippen molar-refractivity contribution in [3.8, 4) is 17.1 Å². The summed E-state index contributed by atoms with van der Waals surface area (Å²) < 4.78 is 5.74. The third-order valence-electron chi connectivity index (χ3n) is 1.66. The Kier molecular flexibility index (Phi) is 2.06. The van der Waals surface area contributed by atoms with Gasteiger partial charge in [0.1, 0.15) is 5.75 Å². The van der Waals surface area contributed by atoms with Gasteiger partial charge in [-0.15, -0.1) is 0 Å². The first-order valence-corrected chi connectivity index (χ1v) is 4.46. The molecule has 2 aromatic rings. The number of aromatic hydroxyl groups is 1. The Balaban J connectivity index is 2.53. The van der Waals surface area contributed by atoms with Gasteiger partial charge in [0.25, 0.3) is 0 Å². The van der Waals surface area contributed by atoms with Crippen LogP contribution in [-0.2, 0) is 0 Å². The van der Waals surface area contributed by atoms with Crippen molar-refractivity contribution in [2.24, 2.45) is 0 Å². The molecule has 0 atom stereocenters. The molecule has 0 saturated carbocycles. The van der Waals surface area contributed by atoms with Gasteiger partial charge in [-0.25, -0.2) is 0 Å². The fourth-order valence-electron chi connectivity index (χ4n) is 1.07. The largest absolute Gasteiger partial charge is 0.507 e. The summed E-state index contributed by atoms with van der Waals surface area (Å²) in [5.74, 6) is 0.733. The second-order valence-electron chi connectivity index (χ2n) is 2.54. The molecule has 1 heterocycles. The lowest BCUT2D eigenvalue weighted by Gasteiger charge is -1.99. The standard InChI is InChI=1S/C9H6BrNO2/c10-6-1-2-7(8(12)5-6)9-3-4-11-13-9/h1-5,12H. The molecule has 0 unspecified atom stereocenters. The molecule has 0 fully saturated rings. The maximum atomic E-state index is 9.55. The van der Waals surface area contributed by atoms with E-state index in [9.17, 15) is 5.11 Å². The van der Waals surface area contributed by atoms with Gasteiger partial charge in [-0.1, -0.05) is 21.1 Å². The lowest BCUT2D eigenvalue weighted by molar-refractivity contribution is 0.426. The topological polar surface area (TPSA) is 46.3 Å². The van der Waals surface area contributed by atoms with E-state index in [1.165, 1.54) is 6.20 Å². The fraction of sp³-hybridized carbons (Fsp3) is 0. The molecule has 1 aromatic carbocycles. The van der Waals surface area contributed by atoms with Gasteiger partial charge in [-0.3, -0.25) is 0 Å². The van der Waals surface area contributed by atoms with E-state index in [4.69, 9.17) is 4.52 Å². The number of phenols is 1. The Hall–Kier alpha value is -1.29. The van der Waals surface area contributed by atoms with E-state index in [-0.39, 0.29) is 5.75 Å². The van der Waals surface area contributed by atoms with Crippen molar-refractivity contribution in [1.82, 2.24) is 5.16 Å². The average molecular weight is 240 g/mol. The maximum absolute atomic E-state index is 9.55. The number of hydrogen-bond acceptors (Lipinski definition) is 3. The molecule has 4 heteroatoms. The number of benzene rings is 1. The van der Waals surface area contributed by atoms with Crippen molar-refractivity contribution < 1.29 is 9.63 Å². The Morgan fingerprint density at radius 2 is 2.15 bits per heavy atom. The lowest BCUT2D eigenvalue weighted by Crippen LogP contribution is -1.75. The molecule has 66 valence electrons. The molecule has 0 radical (unpaired) electrons. The minimum Gasteiger partial charge on any atom is -0.507 e. The SMILES string of the molecule is Oc1cc(Br)ccc1-c1ccno1. The summed E-state index contributed by atoms with van der Waals surface area (Å²) in [6.07, 6.45) is 1.54. The maximum Gasteiger partial charge on any atom is 0.170 e. The highest BCUT2D eigenvalue weighted by Gasteiger charge is 2.07. The third-order valence-corrected chi connectivity index (χ3v) is 2.16. The average Bonchev–Trinajstić information content (AvgIpc) is 2.56. The summed E-state index contributed by atoms with van der Waals surface area (Å²) in [4.78, 5) is 0. The minimum absolute atomic E-state index is 0.172. The van der Waals surface area contributed by atoms with Gasteiger partial charge in [-0.2, -0.15) is 0 Å². The molecule has 0 spiro atoms. The van der Waals surface area contributed by atoms with Crippen LogP contribution in [0.5, 0.6) is 5.75 Å². The van der Waals surface area contributed by atoms with Gasteiger partial charge < -0.3 is 9.63 Å². The highest BCUT2D eigenvalue weighted by Crippen LogP contribution is 2.30. The van der Waals surface area contributed by atoms with Gasteiger partial charge in [0.05, 0.1) is 11.8 Å². The first kappa shape index (κ1) is 8.31. The Morgan fingerprint density at radius 3 is 2.77 bits per heavy atom. The van der Waals surface area contributed by atoms with Gasteiger partial charge in [0.15, 0.2) is 5.76 Å². The van der Waals surface area contributed by atoms with Crippen molar-refractivity contribution in [2.45, 2.75) is 0 Å². The number of phenolic OH excluding ortho intramolecular Hbond substituents is 1. The predicted molar refractivity (Wildman–Crippen MR) is 51.3 cm³/mol. The van der Waals surface area contributed by atoms with E-state index in [0.717, 1.165) is 4.47 Å². The predicted octanol–water partition coefficient (Wildman–Crippen LogP) is 2.81. The number of hydrogen-bond donors (Lipinski definition) is 1. The van der Waals surface area contributed by atoms with Crippen LogP contribution in [0, 0.1) is 0 Å². The highest BCUT2D eigenvalue weighted by molar-refractivity contribution is 9.10. The Morgan fingerprint density at radius 1 is 1.31 bits per heavy atom. The first-order chi connectivity index (χ1) is 6.27. The number of rotatable bonds is 1. The Labute approximate surface area is 83.1 Å². The van der Waals surface area contributed by atoms with E-state index >= 15 is 0 Å². The monoisotopic (exact) mass is 239 g/mol. The van der Waals surface area contributed by atoms with Crippen LogP contribution in [0.2, 0.25) is 0 Å². The van der Waals surface area contributed by atoms with Crippen LogP contribution in [0.1, 0.15) is 0 Å². The minimum atomic E-state index is 0.172. The molecular formula is C9H6BrNO2. The Bertz CT molecular complexity index is 412. The summed E-state index contributed by atoms with van der Waals surface area (Å²) >= 11 is 3.25. The molecule has 2 rings (SSSR count). The molecule has 3 nitrogen and oxygen atoms in total. The molecule has 0 aliphatic carbocycles. The van der Waals surface area contributed by atoms with E-state index < -0.39 is 0 Å². The van der Waals surface area contributed by atoms with E-state index in [0.29, 0.717) is 11.3 Å². The summed E-state index contributed by atoms with van der Waals surface area (Å²) in [7, 11) is 0. The molecule has 0 amide bonds. The van der Waals surface area contributed by atoms with Crippen molar-refractivity contribution in [2.75, 3.05) is 0 Å². The van der Waals surface area contributed by atoms with Crippen molar-refractivity contribution in [3.05, 3.63) is 34.9 Å². The van der Waals surface area contributed by atoms with Crippen molar-refractivity contribution in [3.63, 3.8) is 0 Å². The number of halogens is 1. The van der Waals surface area contributed by atoms with Gasteiger partial charge in [0, 0.05) is 10.5 Å². The normalized spacial score (nSPS) is 10.2. The number of nitrogens with zero attached hydrogens (tertiary/aromatic N) is 1. The second-order valence-corrected chi connectivity index (χ2v) is 3.45. The van der Waals surface area contributed by atoms with Gasteiger partial charge in [0.2, 0.25) is 0 Å². The van der Waals surface area contributed by atoms with Crippen LogP contribution < -0.4 is 0 Å². The summed E-state index contributed by atoms with van der Waals surface area (Å²) in [5, 5.41) is 13.1. The number of aromatic nitrogens is 1.